The van der Waals surface area contributed by atoms with Gasteiger partial charge in [-0.2, -0.15) is 13.2 Å². The van der Waals surface area contributed by atoms with E-state index >= 15 is 0 Å². The van der Waals surface area contributed by atoms with Crippen LogP contribution in [-0.2, 0) is 12.6 Å². The lowest BCUT2D eigenvalue weighted by molar-refractivity contribution is -0.138. The van der Waals surface area contributed by atoms with Crippen molar-refractivity contribution in [1.82, 2.24) is 0 Å². The van der Waals surface area contributed by atoms with Gasteiger partial charge in [-0.05, 0) is 47.4 Å². The van der Waals surface area contributed by atoms with Crippen molar-refractivity contribution in [2.24, 2.45) is 0 Å². The zero-order valence-corrected chi connectivity index (χ0v) is 10.3. The summed E-state index contributed by atoms with van der Waals surface area (Å²) in [7, 11) is 0. The van der Waals surface area contributed by atoms with E-state index in [0.29, 0.717) is 11.1 Å². The first kappa shape index (κ1) is 14.5. The van der Waals surface area contributed by atoms with Gasteiger partial charge >= 0.3 is 6.18 Å². The van der Waals surface area contributed by atoms with E-state index in [1.54, 1.807) is 6.07 Å². The standard InChI is InChI=1S/C15H11F4O/c16-13-3-1-2-10(9-13)11-4-5-14(15(17,18)19)12(8-11)6-7-20/h1-5,9,20H,6-7H2. The molecule has 0 aliphatic heterocycles. The summed E-state index contributed by atoms with van der Waals surface area (Å²) in [4.78, 5) is 0. The zero-order valence-electron chi connectivity index (χ0n) is 10.3. The third kappa shape index (κ3) is 3.17. The first-order valence-corrected chi connectivity index (χ1v) is 5.91. The Balaban J connectivity index is 2.50. The Morgan fingerprint density at radius 1 is 1.10 bits per heavy atom. The van der Waals surface area contributed by atoms with Crippen LogP contribution in [0.25, 0.3) is 11.1 Å². The lowest BCUT2D eigenvalue weighted by Gasteiger charge is -2.13. The molecule has 0 saturated heterocycles. The molecular formula is C15H11F4O. The Morgan fingerprint density at radius 2 is 1.85 bits per heavy atom. The molecule has 0 fully saturated rings. The third-order valence-corrected chi connectivity index (χ3v) is 2.83. The average Bonchev–Trinajstić information content (AvgIpc) is 2.38. The lowest BCUT2D eigenvalue weighted by Crippen LogP contribution is -2.10. The Labute approximate surface area is 113 Å². The lowest BCUT2D eigenvalue weighted by atomic mass is 9.97. The van der Waals surface area contributed by atoms with Crippen LogP contribution in [0.3, 0.4) is 0 Å². The molecule has 1 radical (unpaired) electrons. The van der Waals surface area contributed by atoms with E-state index in [2.05, 4.69) is 6.07 Å². The molecule has 0 heterocycles. The number of halogens is 4. The molecule has 2 aromatic carbocycles. The van der Waals surface area contributed by atoms with E-state index in [4.69, 9.17) is 5.11 Å². The number of benzene rings is 2. The first-order valence-electron chi connectivity index (χ1n) is 5.91. The van der Waals surface area contributed by atoms with Gasteiger partial charge in [0.1, 0.15) is 5.82 Å². The molecule has 0 spiro atoms. The number of aliphatic hydroxyl groups excluding tert-OH is 1. The summed E-state index contributed by atoms with van der Waals surface area (Å²) in [6.45, 7) is -0.411. The summed E-state index contributed by atoms with van der Waals surface area (Å²) in [6, 6.07) is 10.3. The number of hydrogen-bond acceptors (Lipinski definition) is 1. The Morgan fingerprint density at radius 3 is 2.45 bits per heavy atom. The van der Waals surface area contributed by atoms with Crippen LogP contribution in [0, 0.1) is 11.9 Å². The fourth-order valence-electron chi connectivity index (χ4n) is 1.94. The van der Waals surface area contributed by atoms with Gasteiger partial charge in [0.2, 0.25) is 0 Å². The van der Waals surface area contributed by atoms with Gasteiger partial charge in [0.25, 0.3) is 0 Å². The fourth-order valence-corrected chi connectivity index (χ4v) is 1.94. The van der Waals surface area contributed by atoms with E-state index in [0.717, 1.165) is 6.07 Å². The van der Waals surface area contributed by atoms with Crippen LogP contribution in [0.2, 0.25) is 0 Å². The first-order chi connectivity index (χ1) is 9.41. The molecule has 0 amide bonds. The quantitative estimate of drug-likeness (QED) is 0.848. The highest BCUT2D eigenvalue weighted by atomic mass is 19.4. The van der Waals surface area contributed by atoms with Crippen molar-refractivity contribution in [2.75, 3.05) is 6.61 Å². The molecule has 0 saturated carbocycles. The molecule has 2 rings (SSSR count). The van der Waals surface area contributed by atoms with Crippen LogP contribution in [0.1, 0.15) is 11.1 Å². The van der Waals surface area contributed by atoms with Crippen LogP contribution >= 0.6 is 0 Å². The molecule has 0 unspecified atom stereocenters. The summed E-state index contributed by atoms with van der Waals surface area (Å²) in [5, 5.41) is 8.87. The molecule has 0 bridgehead atoms. The van der Waals surface area contributed by atoms with Gasteiger partial charge < -0.3 is 5.11 Å². The molecule has 2 aromatic rings. The third-order valence-electron chi connectivity index (χ3n) is 2.83. The van der Waals surface area contributed by atoms with Crippen molar-refractivity contribution >= 4 is 0 Å². The summed E-state index contributed by atoms with van der Waals surface area (Å²) >= 11 is 0. The minimum absolute atomic E-state index is 0.123. The van der Waals surface area contributed by atoms with Crippen LogP contribution in [0.5, 0.6) is 0 Å². The molecular weight excluding hydrogens is 272 g/mol. The van der Waals surface area contributed by atoms with Crippen molar-refractivity contribution in [3.63, 3.8) is 0 Å². The highest BCUT2D eigenvalue weighted by Crippen LogP contribution is 2.34. The molecule has 1 nitrogen and oxygen atoms in total. The maximum Gasteiger partial charge on any atom is 0.416 e. The predicted octanol–water partition coefficient (Wildman–Crippen LogP) is 3.85. The molecule has 0 atom stereocenters. The molecule has 0 aromatic heterocycles. The molecule has 0 aliphatic rings. The second kappa shape index (κ2) is 5.63. The van der Waals surface area contributed by atoms with Gasteiger partial charge in [-0.1, -0.05) is 18.2 Å². The normalized spacial score (nSPS) is 11.7. The zero-order chi connectivity index (χ0) is 14.8. The van der Waals surface area contributed by atoms with Gasteiger partial charge in [-0.25, -0.2) is 4.39 Å². The second-order valence-electron chi connectivity index (χ2n) is 4.25. The Bertz CT molecular complexity index is 605. The number of aliphatic hydroxyl groups is 1. The monoisotopic (exact) mass is 283 g/mol. The summed E-state index contributed by atoms with van der Waals surface area (Å²) < 4.78 is 51.6. The minimum atomic E-state index is -4.50. The Hall–Kier alpha value is -1.88. The maximum absolute atomic E-state index is 13.1. The number of alkyl halides is 3. The summed E-state index contributed by atoms with van der Waals surface area (Å²) in [5.41, 5.74) is -0.146. The van der Waals surface area contributed by atoms with Gasteiger partial charge in [0.15, 0.2) is 0 Å². The smallest absolute Gasteiger partial charge is 0.396 e. The SMILES string of the molecule is OCCc1[c]c(-c2cccc(F)c2)ccc1C(F)(F)F. The maximum atomic E-state index is 13.1. The van der Waals surface area contributed by atoms with Gasteiger partial charge in [-0.3, -0.25) is 0 Å². The van der Waals surface area contributed by atoms with Gasteiger partial charge in [0, 0.05) is 6.61 Å². The van der Waals surface area contributed by atoms with Crippen LogP contribution in [0.4, 0.5) is 17.6 Å². The highest BCUT2D eigenvalue weighted by molar-refractivity contribution is 5.64. The Kier molecular flexibility index (Phi) is 4.09. The van der Waals surface area contributed by atoms with E-state index in [9.17, 15) is 17.6 Å². The topological polar surface area (TPSA) is 20.2 Å². The molecule has 105 valence electrons. The minimum Gasteiger partial charge on any atom is -0.396 e. The van der Waals surface area contributed by atoms with E-state index in [1.165, 1.54) is 24.3 Å². The average molecular weight is 283 g/mol. The molecule has 5 heteroatoms. The van der Waals surface area contributed by atoms with Crippen LogP contribution in [-0.4, -0.2) is 11.7 Å². The summed E-state index contributed by atoms with van der Waals surface area (Å²) in [5.74, 6) is -0.473. The molecule has 0 aliphatic carbocycles. The van der Waals surface area contributed by atoms with E-state index in [-0.39, 0.29) is 12.0 Å². The second-order valence-corrected chi connectivity index (χ2v) is 4.25. The van der Waals surface area contributed by atoms with E-state index in [1.807, 2.05) is 0 Å². The predicted molar refractivity (Wildman–Crippen MR) is 66.5 cm³/mol. The van der Waals surface area contributed by atoms with Crippen molar-refractivity contribution in [3.8, 4) is 11.1 Å². The van der Waals surface area contributed by atoms with Crippen molar-refractivity contribution < 1.29 is 22.7 Å². The largest absolute Gasteiger partial charge is 0.416 e. The van der Waals surface area contributed by atoms with Gasteiger partial charge in [0.05, 0.1) is 5.56 Å². The van der Waals surface area contributed by atoms with E-state index < -0.39 is 24.2 Å². The van der Waals surface area contributed by atoms with Crippen molar-refractivity contribution in [3.05, 3.63) is 59.4 Å². The van der Waals surface area contributed by atoms with Crippen LogP contribution in [0.15, 0.2) is 36.4 Å². The highest BCUT2D eigenvalue weighted by Gasteiger charge is 2.33. The van der Waals surface area contributed by atoms with Crippen LogP contribution < -0.4 is 0 Å². The number of rotatable bonds is 3. The molecule has 20 heavy (non-hydrogen) atoms. The fraction of sp³-hybridized carbons (Fsp3) is 0.200. The molecule has 1 N–H and O–H groups in total. The number of hydrogen-bond donors (Lipinski definition) is 1. The van der Waals surface area contributed by atoms with Gasteiger partial charge in [-0.15, -0.1) is 0 Å². The van der Waals surface area contributed by atoms with Crippen molar-refractivity contribution in [1.29, 1.82) is 0 Å². The summed E-state index contributed by atoms with van der Waals surface area (Å²) in [6.07, 6.45) is -4.65. The van der Waals surface area contributed by atoms with Crippen molar-refractivity contribution in [2.45, 2.75) is 12.6 Å².